The van der Waals surface area contributed by atoms with Gasteiger partial charge in [0.2, 0.25) is 11.8 Å². The third-order valence-electron chi connectivity index (χ3n) is 3.20. The second-order valence-electron chi connectivity index (χ2n) is 4.50. The Bertz CT molecular complexity index is 652. The van der Waals surface area contributed by atoms with Crippen LogP contribution >= 0.6 is 0 Å². The molecule has 3 heterocycles. The lowest BCUT2D eigenvalue weighted by molar-refractivity contribution is -0.147. The molecule has 0 aromatic carbocycles. The molecule has 21 heavy (non-hydrogen) atoms. The molecular weight excluding hydrogens is 287 g/mol. The zero-order valence-corrected chi connectivity index (χ0v) is 11.1. The predicted octanol–water partition coefficient (Wildman–Crippen LogP) is 1.15. The Morgan fingerprint density at radius 3 is 2.76 bits per heavy atom. The van der Waals surface area contributed by atoms with E-state index in [1.807, 2.05) is 4.90 Å². The Hall–Kier alpha value is -2.39. The molecule has 0 saturated carbocycles. The molecule has 3 rings (SSSR count). The summed E-state index contributed by atoms with van der Waals surface area (Å²) in [5.74, 6) is 0.418. The lowest BCUT2D eigenvalue weighted by Crippen LogP contribution is -2.35. The van der Waals surface area contributed by atoms with Crippen molar-refractivity contribution in [3.05, 3.63) is 23.9 Å². The second-order valence-corrected chi connectivity index (χ2v) is 4.50. The number of halogens is 3. The molecule has 2 aromatic heterocycles. The third kappa shape index (κ3) is 2.48. The SMILES string of the molecule is CNc1nccc(N2CCn3c(nnc3C(F)(F)F)C2)n1. The number of hydrogen-bond acceptors (Lipinski definition) is 6. The van der Waals surface area contributed by atoms with E-state index in [1.54, 1.807) is 19.3 Å². The smallest absolute Gasteiger partial charge is 0.357 e. The summed E-state index contributed by atoms with van der Waals surface area (Å²) < 4.78 is 39.4. The Morgan fingerprint density at radius 1 is 1.24 bits per heavy atom. The van der Waals surface area contributed by atoms with Crippen LogP contribution < -0.4 is 10.2 Å². The van der Waals surface area contributed by atoms with E-state index in [9.17, 15) is 13.2 Å². The summed E-state index contributed by atoms with van der Waals surface area (Å²) in [5, 5.41) is 9.70. The van der Waals surface area contributed by atoms with Crippen molar-refractivity contribution in [3.8, 4) is 0 Å². The summed E-state index contributed by atoms with van der Waals surface area (Å²) >= 11 is 0. The normalized spacial score (nSPS) is 15.0. The minimum Gasteiger partial charge on any atom is -0.357 e. The van der Waals surface area contributed by atoms with E-state index in [1.165, 1.54) is 0 Å². The molecule has 0 unspecified atom stereocenters. The molecule has 1 aliphatic rings. The highest BCUT2D eigenvalue weighted by Gasteiger charge is 2.39. The Kier molecular flexibility index (Phi) is 3.15. The molecule has 112 valence electrons. The highest BCUT2D eigenvalue weighted by atomic mass is 19.4. The van der Waals surface area contributed by atoms with Gasteiger partial charge in [-0.05, 0) is 6.07 Å². The highest BCUT2D eigenvalue weighted by Crippen LogP contribution is 2.30. The van der Waals surface area contributed by atoms with Crippen molar-refractivity contribution in [2.24, 2.45) is 0 Å². The molecular formula is C11H12F3N7. The molecule has 1 aliphatic heterocycles. The van der Waals surface area contributed by atoms with E-state index in [0.29, 0.717) is 18.3 Å². The number of nitrogens with zero attached hydrogens (tertiary/aromatic N) is 6. The van der Waals surface area contributed by atoms with Gasteiger partial charge < -0.3 is 14.8 Å². The Balaban J connectivity index is 1.86. The minimum atomic E-state index is -4.48. The topological polar surface area (TPSA) is 71.8 Å². The van der Waals surface area contributed by atoms with Crippen molar-refractivity contribution < 1.29 is 13.2 Å². The number of nitrogens with one attached hydrogen (secondary N) is 1. The van der Waals surface area contributed by atoms with Gasteiger partial charge in [0.1, 0.15) is 5.82 Å². The molecule has 0 bridgehead atoms. The van der Waals surface area contributed by atoms with Crippen molar-refractivity contribution in [3.63, 3.8) is 0 Å². The van der Waals surface area contributed by atoms with Gasteiger partial charge in [0.25, 0.3) is 0 Å². The van der Waals surface area contributed by atoms with Crippen LogP contribution in [0, 0.1) is 0 Å². The quantitative estimate of drug-likeness (QED) is 0.897. The summed E-state index contributed by atoms with van der Waals surface area (Å²) in [5.41, 5.74) is 0. The molecule has 0 spiro atoms. The van der Waals surface area contributed by atoms with Crippen molar-refractivity contribution in [1.29, 1.82) is 0 Å². The van der Waals surface area contributed by atoms with Gasteiger partial charge in [0.15, 0.2) is 5.82 Å². The Morgan fingerprint density at radius 2 is 2.05 bits per heavy atom. The maximum atomic E-state index is 12.8. The van der Waals surface area contributed by atoms with E-state index in [2.05, 4.69) is 25.5 Å². The monoisotopic (exact) mass is 299 g/mol. The van der Waals surface area contributed by atoms with Crippen LogP contribution in [0.15, 0.2) is 12.3 Å². The number of alkyl halides is 3. The number of aromatic nitrogens is 5. The number of rotatable bonds is 2. The first-order valence-electron chi connectivity index (χ1n) is 6.24. The average molecular weight is 299 g/mol. The fourth-order valence-corrected chi connectivity index (χ4v) is 2.21. The first kappa shape index (κ1) is 13.6. The van der Waals surface area contributed by atoms with Crippen LogP contribution in [0.5, 0.6) is 0 Å². The standard InChI is InChI=1S/C11H12F3N7/c1-15-10-16-3-2-7(17-10)20-4-5-21-8(6-20)18-19-9(21)11(12,13)14/h2-3H,4-6H2,1H3,(H,15,16,17). The largest absolute Gasteiger partial charge is 0.451 e. The average Bonchev–Trinajstić information content (AvgIpc) is 2.90. The van der Waals surface area contributed by atoms with E-state index in [-0.39, 0.29) is 18.9 Å². The summed E-state index contributed by atoms with van der Waals surface area (Å²) in [6, 6.07) is 1.71. The summed E-state index contributed by atoms with van der Waals surface area (Å²) in [6.45, 7) is 0.785. The molecule has 0 fully saturated rings. The van der Waals surface area contributed by atoms with Crippen LogP contribution in [0.2, 0.25) is 0 Å². The molecule has 2 aromatic rings. The summed E-state index contributed by atoms with van der Waals surface area (Å²) in [7, 11) is 1.70. The number of anilines is 2. The van der Waals surface area contributed by atoms with Gasteiger partial charge in [-0.3, -0.25) is 0 Å². The van der Waals surface area contributed by atoms with Gasteiger partial charge in [-0.1, -0.05) is 0 Å². The third-order valence-corrected chi connectivity index (χ3v) is 3.20. The summed E-state index contributed by atoms with van der Waals surface area (Å²) in [4.78, 5) is 10.1. The van der Waals surface area contributed by atoms with E-state index in [4.69, 9.17) is 0 Å². The summed E-state index contributed by atoms with van der Waals surface area (Å²) in [6.07, 6.45) is -2.89. The van der Waals surface area contributed by atoms with E-state index in [0.717, 1.165) is 4.57 Å². The van der Waals surface area contributed by atoms with Gasteiger partial charge in [0.05, 0.1) is 6.54 Å². The molecule has 7 nitrogen and oxygen atoms in total. The van der Waals surface area contributed by atoms with Gasteiger partial charge in [0, 0.05) is 26.3 Å². The maximum absolute atomic E-state index is 12.8. The molecule has 0 radical (unpaired) electrons. The van der Waals surface area contributed by atoms with Crippen LogP contribution in [0.1, 0.15) is 11.6 Å². The molecule has 0 saturated heterocycles. The van der Waals surface area contributed by atoms with Gasteiger partial charge >= 0.3 is 6.18 Å². The van der Waals surface area contributed by atoms with Gasteiger partial charge in [-0.25, -0.2) is 4.98 Å². The second kappa shape index (κ2) is 4.86. The molecule has 1 N–H and O–H groups in total. The Labute approximate surface area is 117 Å². The lowest BCUT2D eigenvalue weighted by Gasteiger charge is -2.28. The van der Waals surface area contributed by atoms with Crippen molar-refractivity contribution in [2.75, 3.05) is 23.8 Å². The highest BCUT2D eigenvalue weighted by molar-refractivity contribution is 5.42. The van der Waals surface area contributed by atoms with E-state index >= 15 is 0 Å². The first-order chi connectivity index (χ1) is 9.99. The molecule has 10 heteroatoms. The van der Waals surface area contributed by atoms with Crippen LogP contribution in [0.25, 0.3) is 0 Å². The molecule has 0 aliphatic carbocycles. The number of hydrogen-bond donors (Lipinski definition) is 1. The van der Waals surface area contributed by atoms with Crippen molar-refractivity contribution in [1.82, 2.24) is 24.7 Å². The van der Waals surface area contributed by atoms with Crippen LogP contribution in [0.4, 0.5) is 24.9 Å². The zero-order chi connectivity index (χ0) is 15.0. The lowest BCUT2D eigenvalue weighted by atomic mass is 10.3. The molecule has 0 atom stereocenters. The van der Waals surface area contributed by atoms with Crippen LogP contribution in [0.3, 0.4) is 0 Å². The fraction of sp³-hybridized carbons (Fsp3) is 0.455. The van der Waals surface area contributed by atoms with Crippen molar-refractivity contribution in [2.45, 2.75) is 19.3 Å². The predicted molar refractivity (Wildman–Crippen MR) is 67.7 cm³/mol. The molecule has 0 amide bonds. The van der Waals surface area contributed by atoms with Gasteiger partial charge in [-0.15, -0.1) is 10.2 Å². The zero-order valence-electron chi connectivity index (χ0n) is 11.1. The number of fused-ring (bicyclic) bond motifs is 1. The van der Waals surface area contributed by atoms with Crippen molar-refractivity contribution >= 4 is 11.8 Å². The van der Waals surface area contributed by atoms with Crippen LogP contribution in [-0.4, -0.2) is 38.3 Å². The minimum absolute atomic E-state index is 0.163. The first-order valence-corrected chi connectivity index (χ1v) is 6.24. The van der Waals surface area contributed by atoms with Crippen LogP contribution in [-0.2, 0) is 19.3 Å². The van der Waals surface area contributed by atoms with Gasteiger partial charge in [-0.2, -0.15) is 18.2 Å². The maximum Gasteiger partial charge on any atom is 0.451 e. The van der Waals surface area contributed by atoms with E-state index < -0.39 is 12.0 Å². The fourth-order valence-electron chi connectivity index (χ4n) is 2.21.